The Morgan fingerprint density at radius 2 is 1.76 bits per heavy atom. The molecule has 2 aromatic heterocycles. The van der Waals surface area contributed by atoms with Gasteiger partial charge >= 0.3 is 0 Å². The second-order valence-corrected chi connectivity index (χ2v) is 7.47. The molecule has 0 radical (unpaired) electrons. The lowest BCUT2D eigenvalue weighted by atomic mass is 9.96. The molecule has 1 fully saturated rings. The number of carbonyl (C=O) groups excluding carboxylic acids is 1. The molecule has 1 saturated heterocycles. The summed E-state index contributed by atoms with van der Waals surface area (Å²) in [5.74, 6) is 1.28. The van der Waals surface area contributed by atoms with Crippen LogP contribution in [-0.2, 0) is 11.3 Å². The number of nitrogens with one attached hydrogen (secondary N) is 1. The van der Waals surface area contributed by atoms with Crippen molar-refractivity contribution in [2.75, 3.05) is 13.1 Å². The quantitative estimate of drug-likeness (QED) is 0.586. The predicted molar refractivity (Wildman–Crippen MR) is 111 cm³/mol. The summed E-state index contributed by atoms with van der Waals surface area (Å²) in [5, 5.41) is 0. The van der Waals surface area contributed by atoms with Crippen LogP contribution in [0.3, 0.4) is 0 Å². The number of H-pyrrole nitrogens is 1. The van der Waals surface area contributed by atoms with Crippen LogP contribution in [0.4, 0.5) is 0 Å². The number of carbonyl (C=O) groups is 1. The second kappa shape index (κ2) is 7.16. The Balaban J connectivity index is 1.29. The SMILES string of the molecule is O=C(Cn1c(=O)cnc2ccccc21)N1CCC(c2nc3ccccc3[nH]2)CC1. The van der Waals surface area contributed by atoms with E-state index in [1.807, 2.05) is 53.4 Å². The number of hydrogen-bond donors (Lipinski definition) is 1. The van der Waals surface area contributed by atoms with Crippen LogP contribution in [-0.4, -0.2) is 43.4 Å². The van der Waals surface area contributed by atoms with E-state index in [0.717, 1.165) is 29.7 Å². The molecule has 0 spiro atoms. The molecule has 29 heavy (non-hydrogen) atoms. The van der Waals surface area contributed by atoms with Gasteiger partial charge in [0.25, 0.3) is 5.56 Å². The highest BCUT2D eigenvalue weighted by Gasteiger charge is 2.26. The summed E-state index contributed by atoms with van der Waals surface area (Å²) >= 11 is 0. The number of fused-ring (bicyclic) bond motifs is 2. The Morgan fingerprint density at radius 1 is 1.03 bits per heavy atom. The third-order valence-electron chi connectivity index (χ3n) is 5.69. The number of imidazole rings is 1. The smallest absolute Gasteiger partial charge is 0.269 e. The summed E-state index contributed by atoms with van der Waals surface area (Å²) < 4.78 is 1.51. The number of aromatic amines is 1. The van der Waals surface area contributed by atoms with E-state index in [1.54, 1.807) is 0 Å². The van der Waals surface area contributed by atoms with Crippen LogP contribution in [0, 0.1) is 0 Å². The van der Waals surface area contributed by atoms with Gasteiger partial charge in [-0.3, -0.25) is 14.2 Å². The standard InChI is InChI=1S/C22H21N5O2/c28-20-13-23-18-7-3-4-8-19(18)27(20)14-21(29)26-11-9-15(10-12-26)22-24-16-5-1-2-6-17(16)25-22/h1-8,13,15H,9-12,14H2,(H,24,25). The molecule has 5 rings (SSSR count). The number of likely N-dealkylation sites (tertiary alicyclic amines) is 1. The van der Waals surface area contributed by atoms with Gasteiger partial charge in [-0.1, -0.05) is 24.3 Å². The molecule has 7 heteroatoms. The molecule has 2 aromatic carbocycles. The lowest BCUT2D eigenvalue weighted by Crippen LogP contribution is -2.41. The highest BCUT2D eigenvalue weighted by atomic mass is 16.2. The number of aromatic nitrogens is 4. The van der Waals surface area contributed by atoms with Gasteiger partial charge in [-0.15, -0.1) is 0 Å². The van der Waals surface area contributed by atoms with Crippen molar-refractivity contribution in [3.05, 3.63) is 70.9 Å². The number of nitrogens with zero attached hydrogens (tertiary/aromatic N) is 4. The Labute approximate surface area is 167 Å². The van der Waals surface area contributed by atoms with E-state index >= 15 is 0 Å². The van der Waals surface area contributed by atoms with Crippen molar-refractivity contribution in [2.24, 2.45) is 0 Å². The van der Waals surface area contributed by atoms with Gasteiger partial charge in [0.15, 0.2) is 0 Å². The van der Waals surface area contributed by atoms with Crippen LogP contribution in [0.1, 0.15) is 24.6 Å². The molecule has 0 aliphatic carbocycles. The van der Waals surface area contributed by atoms with E-state index in [9.17, 15) is 9.59 Å². The maximum absolute atomic E-state index is 12.9. The molecule has 0 bridgehead atoms. The topological polar surface area (TPSA) is 83.9 Å². The fourth-order valence-corrected chi connectivity index (χ4v) is 4.08. The Kier molecular flexibility index (Phi) is 4.35. The lowest BCUT2D eigenvalue weighted by molar-refractivity contribution is -0.132. The first kappa shape index (κ1) is 17.6. The lowest BCUT2D eigenvalue weighted by Gasteiger charge is -2.31. The highest BCUT2D eigenvalue weighted by Crippen LogP contribution is 2.27. The Bertz CT molecular complexity index is 1220. The molecule has 0 unspecified atom stereocenters. The fraction of sp³-hybridized carbons (Fsp3) is 0.273. The van der Waals surface area contributed by atoms with Gasteiger partial charge in [-0.05, 0) is 37.1 Å². The normalized spacial score (nSPS) is 15.2. The van der Waals surface area contributed by atoms with Gasteiger partial charge in [0.1, 0.15) is 12.4 Å². The van der Waals surface area contributed by atoms with Gasteiger partial charge in [-0.25, -0.2) is 9.97 Å². The van der Waals surface area contributed by atoms with Crippen LogP contribution in [0.5, 0.6) is 0 Å². The van der Waals surface area contributed by atoms with Crippen molar-refractivity contribution < 1.29 is 4.79 Å². The second-order valence-electron chi connectivity index (χ2n) is 7.47. The molecular weight excluding hydrogens is 366 g/mol. The van der Waals surface area contributed by atoms with Crippen molar-refractivity contribution >= 4 is 28.0 Å². The number of hydrogen-bond acceptors (Lipinski definition) is 4. The summed E-state index contributed by atoms with van der Waals surface area (Å²) in [7, 11) is 0. The minimum atomic E-state index is -0.255. The van der Waals surface area contributed by atoms with Gasteiger partial charge in [0, 0.05) is 19.0 Å². The molecule has 1 aliphatic heterocycles. The molecule has 1 amide bonds. The molecular formula is C22H21N5O2. The Hall–Kier alpha value is -3.48. The van der Waals surface area contributed by atoms with Crippen LogP contribution >= 0.6 is 0 Å². The highest BCUT2D eigenvalue weighted by molar-refractivity contribution is 5.80. The molecule has 1 N–H and O–H groups in total. The predicted octanol–water partition coefficient (Wildman–Crippen LogP) is 2.68. The van der Waals surface area contributed by atoms with E-state index in [4.69, 9.17) is 4.98 Å². The number of benzene rings is 2. The van der Waals surface area contributed by atoms with E-state index in [1.165, 1.54) is 10.8 Å². The summed E-state index contributed by atoms with van der Waals surface area (Å²) in [6.45, 7) is 1.37. The average Bonchev–Trinajstić information content (AvgIpc) is 3.20. The minimum absolute atomic E-state index is 0.0356. The largest absolute Gasteiger partial charge is 0.342 e. The first-order valence-corrected chi connectivity index (χ1v) is 9.86. The number of amides is 1. The molecule has 7 nitrogen and oxygen atoms in total. The average molecular weight is 387 g/mol. The van der Waals surface area contributed by atoms with Crippen LogP contribution < -0.4 is 5.56 Å². The van der Waals surface area contributed by atoms with E-state index in [-0.39, 0.29) is 18.0 Å². The molecule has 1 aliphatic rings. The first-order valence-electron chi connectivity index (χ1n) is 9.86. The van der Waals surface area contributed by atoms with Crippen molar-refractivity contribution in [3.63, 3.8) is 0 Å². The summed E-state index contributed by atoms with van der Waals surface area (Å²) in [4.78, 5) is 39.3. The number of rotatable bonds is 3. The molecule has 0 saturated carbocycles. The molecule has 3 heterocycles. The minimum Gasteiger partial charge on any atom is -0.342 e. The Morgan fingerprint density at radius 3 is 2.55 bits per heavy atom. The maximum Gasteiger partial charge on any atom is 0.269 e. The maximum atomic E-state index is 12.9. The van der Waals surface area contributed by atoms with Gasteiger partial charge in [-0.2, -0.15) is 0 Å². The molecule has 0 atom stereocenters. The first-order chi connectivity index (χ1) is 14.2. The zero-order valence-corrected chi connectivity index (χ0v) is 15.9. The monoisotopic (exact) mass is 387 g/mol. The van der Waals surface area contributed by atoms with E-state index in [2.05, 4.69) is 9.97 Å². The van der Waals surface area contributed by atoms with E-state index < -0.39 is 0 Å². The number of piperidine rings is 1. The third kappa shape index (κ3) is 3.29. The summed E-state index contributed by atoms with van der Waals surface area (Å²) in [6.07, 6.45) is 3.00. The number of para-hydroxylation sites is 4. The third-order valence-corrected chi connectivity index (χ3v) is 5.69. The summed E-state index contributed by atoms with van der Waals surface area (Å²) in [5.41, 5.74) is 3.16. The van der Waals surface area contributed by atoms with Crippen molar-refractivity contribution in [1.82, 2.24) is 24.4 Å². The van der Waals surface area contributed by atoms with Gasteiger partial charge in [0.2, 0.25) is 5.91 Å². The summed E-state index contributed by atoms with van der Waals surface area (Å²) in [6, 6.07) is 15.4. The van der Waals surface area contributed by atoms with Crippen LogP contribution in [0.15, 0.2) is 59.5 Å². The van der Waals surface area contributed by atoms with Crippen molar-refractivity contribution in [2.45, 2.75) is 25.3 Å². The zero-order valence-electron chi connectivity index (χ0n) is 15.9. The fourth-order valence-electron chi connectivity index (χ4n) is 4.08. The zero-order chi connectivity index (χ0) is 19.8. The van der Waals surface area contributed by atoms with Crippen LogP contribution in [0.2, 0.25) is 0 Å². The van der Waals surface area contributed by atoms with Crippen LogP contribution in [0.25, 0.3) is 22.1 Å². The van der Waals surface area contributed by atoms with Gasteiger partial charge < -0.3 is 9.88 Å². The van der Waals surface area contributed by atoms with Crippen molar-refractivity contribution in [1.29, 1.82) is 0 Å². The molecule has 146 valence electrons. The molecule has 4 aromatic rings. The van der Waals surface area contributed by atoms with Crippen molar-refractivity contribution in [3.8, 4) is 0 Å². The van der Waals surface area contributed by atoms with Gasteiger partial charge in [0.05, 0.1) is 28.3 Å². The van der Waals surface area contributed by atoms with E-state index in [0.29, 0.717) is 30.0 Å².